The topological polar surface area (TPSA) is 185 Å². The van der Waals surface area contributed by atoms with E-state index in [-0.39, 0.29) is 45.9 Å². The standard InChI is InChI=1S/C36H34Cl2N2O12S/c1-19(34(43)48-3)50-36(45)52-20(2)51-35(44)28(15-21-6-5-7-25(14-21)53(4,46)47)39-32(41)30-27(37)16-24-18-40(12-10-26(24)31(30)38)33(42)23-9-8-22-11-13-49-29(22)17-23/h5-9,11,13-14,16-17,19-20,28H,10,12,15,18H2,1-4H3,(H,39,41)/t19-,20?,28+/m1/s1. The molecule has 53 heavy (non-hydrogen) atoms. The predicted molar refractivity (Wildman–Crippen MR) is 190 cm³/mol. The molecule has 1 N–H and O–H groups in total. The van der Waals surface area contributed by atoms with Crippen molar-refractivity contribution in [2.24, 2.45) is 0 Å². The number of ether oxygens (including phenoxy) is 4. The lowest BCUT2D eigenvalue weighted by molar-refractivity contribution is -0.173. The van der Waals surface area contributed by atoms with Gasteiger partial charge in [-0.1, -0.05) is 41.4 Å². The highest BCUT2D eigenvalue weighted by Gasteiger charge is 2.32. The molecule has 0 saturated carbocycles. The van der Waals surface area contributed by atoms with Gasteiger partial charge in [0.25, 0.3) is 11.8 Å². The maximum Gasteiger partial charge on any atom is 0.512 e. The minimum absolute atomic E-state index is 0.0255. The normalized spacial score (nSPS) is 14.3. The third-order valence-electron chi connectivity index (χ3n) is 8.33. The summed E-state index contributed by atoms with van der Waals surface area (Å²) in [5.74, 6) is -3.00. The first-order chi connectivity index (χ1) is 25.0. The van der Waals surface area contributed by atoms with Crippen LogP contribution in [0.25, 0.3) is 11.0 Å². The lowest BCUT2D eigenvalue weighted by Gasteiger charge is -2.30. The van der Waals surface area contributed by atoms with E-state index in [1.54, 1.807) is 41.5 Å². The summed E-state index contributed by atoms with van der Waals surface area (Å²) >= 11 is 13.4. The SMILES string of the molecule is COC(=O)[C@@H](C)OC(=O)OC(C)OC(=O)[C@H](Cc1cccc(S(C)(=O)=O)c1)NC(=O)c1c(Cl)cc2c(c1Cl)CCN(C(=O)c1ccc3ccoc3c1)C2. The zero-order valence-corrected chi connectivity index (χ0v) is 31.2. The summed E-state index contributed by atoms with van der Waals surface area (Å²) in [6.07, 6.45) is -1.60. The van der Waals surface area contributed by atoms with Gasteiger partial charge in [-0.05, 0) is 66.4 Å². The summed E-state index contributed by atoms with van der Waals surface area (Å²) in [5, 5.41) is 3.40. The average molecular weight is 790 g/mol. The van der Waals surface area contributed by atoms with Crippen molar-refractivity contribution in [1.82, 2.24) is 10.2 Å². The number of amides is 2. The molecule has 1 aromatic heterocycles. The fraction of sp³-hybridized carbons (Fsp3) is 0.306. The number of methoxy groups -OCH3 is 1. The Morgan fingerprint density at radius 1 is 0.962 bits per heavy atom. The highest BCUT2D eigenvalue weighted by atomic mass is 35.5. The first-order valence-electron chi connectivity index (χ1n) is 16.1. The zero-order chi connectivity index (χ0) is 38.6. The Morgan fingerprint density at radius 3 is 2.43 bits per heavy atom. The third-order valence-corrected chi connectivity index (χ3v) is 10.2. The van der Waals surface area contributed by atoms with Crippen LogP contribution in [0, 0.1) is 0 Å². The van der Waals surface area contributed by atoms with Gasteiger partial charge in [0.2, 0.25) is 6.29 Å². The summed E-state index contributed by atoms with van der Waals surface area (Å²) in [7, 11) is -2.52. The van der Waals surface area contributed by atoms with E-state index in [1.165, 1.54) is 38.1 Å². The molecule has 3 atom stereocenters. The minimum Gasteiger partial charge on any atom is -0.466 e. The molecule has 0 bridgehead atoms. The predicted octanol–water partition coefficient (Wildman–Crippen LogP) is 5.29. The van der Waals surface area contributed by atoms with Gasteiger partial charge in [-0.3, -0.25) is 9.59 Å². The van der Waals surface area contributed by atoms with Gasteiger partial charge >= 0.3 is 18.1 Å². The number of carbonyl (C=O) groups is 5. The Balaban J connectivity index is 1.35. The summed E-state index contributed by atoms with van der Waals surface area (Å²) in [4.78, 5) is 66.0. The first kappa shape index (κ1) is 39.1. The van der Waals surface area contributed by atoms with E-state index in [2.05, 4.69) is 10.1 Å². The number of halogens is 2. The van der Waals surface area contributed by atoms with Crippen molar-refractivity contribution in [3.63, 3.8) is 0 Å². The van der Waals surface area contributed by atoms with Crippen molar-refractivity contribution in [1.29, 1.82) is 0 Å². The molecule has 4 aromatic rings. The van der Waals surface area contributed by atoms with Gasteiger partial charge in [0.05, 0.1) is 33.9 Å². The van der Waals surface area contributed by atoms with Gasteiger partial charge in [0, 0.05) is 43.6 Å². The molecule has 5 rings (SSSR count). The molecule has 280 valence electrons. The molecule has 1 unspecified atom stereocenters. The highest BCUT2D eigenvalue weighted by molar-refractivity contribution is 7.90. The zero-order valence-electron chi connectivity index (χ0n) is 28.8. The maximum atomic E-state index is 13.8. The van der Waals surface area contributed by atoms with E-state index >= 15 is 0 Å². The number of nitrogens with zero attached hydrogens (tertiary/aromatic N) is 1. The lowest BCUT2D eigenvalue weighted by atomic mass is 9.95. The number of hydrogen-bond donors (Lipinski definition) is 1. The number of esters is 2. The number of fused-ring (bicyclic) bond motifs is 2. The second-order valence-corrected chi connectivity index (χ2v) is 14.9. The van der Waals surface area contributed by atoms with Crippen molar-refractivity contribution < 1.29 is 55.8 Å². The van der Waals surface area contributed by atoms with Gasteiger partial charge in [0.15, 0.2) is 15.9 Å². The highest BCUT2D eigenvalue weighted by Crippen LogP contribution is 2.35. The molecule has 0 aliphatic carbocycles. The van der Waals surface area contributed by atoms with Crippen LogP contribution in [0.1, 0.15) is 51.3 Å². The van der Waals surface area contributed by atoms with Gasteiger partial charge in [-0.25, -0.2) is 22.8 Å². The van der Waals surface area contributed by atoms with Crippen LogP contribution >= 0.6 is 23.2 Å². The molecule has 2 heterocycles. The molecule has 0 fully saturated rings. The van der Waals surface area contributed by atoms with E-state index in [4.69, 9.17) is 41.8 Å². The Hall–Kier alpha value is -5.12. The molecule has 2 amide bonds. The molecule has 1 aliphatic heterocycles. The van der Waals surface area contributed by atoms with E-state index < -0.39 is 52.3 Å². The number of carbonyl (C=O) groups excluding carboxylic acids is 5. The van der Waals surface area contributed by atoms with Crippen LogP contribution in [0.4, 0.5) is 4.79 Å². The second kappa shape index (κ2) is 16.3. The lowest BCUT2D eigenvalue weighted by Crippen LogP contribution is -2.45. The smallest absolute Gasteiger partial charge is 0.466 e. The minimum atomic E-state index is -3.62. The number of nitrogens with one attached hydrogen (secondary N) is 1. The van der Waals surface area contributed by atoms with Crippen molar-refractivity contribution in [2.75, 3.05) is 19.9 Å². The first-order valence-corrected chi connectivity index (χ1v) is 18.7. The Kier molecular flexibility index (Phi) is 12.0. The second-order valence-electron chi connectivity index (χ2n) is 12.1. The summed E-state index contributed by atoms with van der Waals surface area (Å²) < 4.78 is 49.3. The van der Waals surface area contributed by atoms with Crippen LogP contribution in [0.2, 0.25) is 10.0 Å². The summed E-state index contributed by atoms with van der Waals surface area (Å²) in [6.45, 7) is 2.89. The van der Waals surface area contributed by atoms with Gasteiger partial charge in [-0.2, -0.15) is 0 Å². The quantitative estimate of drug-likeness (QED) is 0.118. The van der Waals surface area contributed by atoms with E-state index in [1.807, 2.05) is 0 Å². The van der Waals surface area contributed by atoms with E-state index in [0.717, 1.165) is 18.8 Å². The molecule has 0 spiro atoms. The van der Waals surface area contributed by atoms with E-state index in [9.17, 15) is 32.4 Å². The summed E-state index contributed by atoms with van der Waals surface area (Å²) in [6, 6.07) is 12.8. The number of benzene rings is 3. The van der Waals surface area contributed by atoms with Gasteiger partial charge < -0.3 is 33.6 Å². The Bertz CT molecular complexity index is 2200. The fourth-order valence-electron chi connectivity index (χ4n) is 5.66. The van der Waals surface area contributed by atoms with Crippen LogP contribution in [-0.4, -0.2) is 81.6 Å². The molecular weight excluding hydrogens is 755 g/mol. The largest absolute Gasteiger partial charge is 0.512 e. The van der Waals surface area contributed by atoms with Crippen molar-refractivity contribution in [2.45, 2.75) is 56.6 Å². The van der Waals surface area contributed by atoms with Crippen LogP contribution < -0.4 is 5.32 Å². The monoisotopic (exact) mass is 788 g/mol. The number of hydrogen-bond acceptors (Lipinski definition) is 12. The number of rotatable bonds is 11. The van der Waals surface area contributed by atoms with Crippen LogP contribution in [0.15, 0.2) is 70.2 Å². The Labute approximate surface area is 314 Å². The molecular formula is C36H34Cl2N2O12S. The van der Waals surface area contributed by atoms with Crippen LogP contribution in [-0.2, 0) is 57.8 Å². The van der Waals surface area contributed by atoms with Crippen LogP contribution in [0.3, 0.4) is 0 Å². The van der Waals surface area contributed by atoms with Gasteiger partial charge in [-0.15, -0.1) is 0 Å². The number of furan rings is 1. The Morgan fingerprint density at radius 2 is 1.72 bits per heavy atom. The third kappa shape index (κ3) is 9.28. The molecule has 3 aromatic carbocycles. The van der Waals surface area contributed by atoms with E-state index in [0.29, 0.717) is 34.3 Å². The molecule has 14 nitrogen and oxygen atoms in total. The average Bonchev–Trinajstić information content (AvgIpc) is 3.58. The molecule has 0 radical (unpaired) electrons. The van der Waals surface area contributed by atoms with Crippen molar-refractivity contribution in [3.05, 3.63) is 98.7 Å². The van der Waals surface area contributed by atoms with Gasteiger partial charge in [0.1, 0.15) is 11.6 Å². The van der Waals surface area contributed by atoms with Crippen molar-refractivity contribution in [3.8, 4) is 0 Å². The maximum absolute atomic E-state index is 13.8. The van der Waals surface area contributed by atoms with Crippen LogP contribution in [0.5, 0.6) is 0 Å². The molecule has 0 saturated heterocycles. The fourth-order valence-corrected chi connectivity index (χ4v) is 7.11. The molecule has 1 aliphatic rings. The summed E-state index contributed by atoms with van der Waals surface area (Å²) in [5.41, 5.74) is 2.44. The molecule has 17 heteroatoms. The number of sulfone groups is 1. The van der Waals surface area contributed by atoms with Crippen molar-refractivity contribution >= 4 is 73.9 Å².